The van der Waals surface area contributed by atoms with Crippen molar-refractivity contribution in [3.8, 4) is 0 Å². The van der Waals surface area contributed by atoms with Gasteiger partial charge in [-0.05, 0) is 12.8 Å². The fourth-order valence-corrected chi connectivity index (χ4v) is 3.01. The Morgan fingerprint density at radius 3 is 2.71 bits per heavy atom. The predicted molar refractivity (Wildman–Crippen MR) is 80.5 cm³/mol. The first-order valence-electron chi connectivity index (χ1n) is 7.64. The molecule has 0 atom stereocenters. The summed E-state index contributed by atoms with van der Waals surface area (Å²) >= 11 is 0. The molecule has 0 bridgehead atoms. The number of halogens is 1. The number of hydrogen-bond acceptors (Lipinski definition) is 5. The van der Waals surface area contributed by atoms with Crippen molar-refractivity contribution < 1.29 is 9.32 Å². The van der Waals surface area contributed by atoms with Gasteiger partial charge in [0.25, 0.3) is 0 Å². The summed E-state index contributed by atoms with van der Waals surface area (Å²) < 4.78 is 5.27. The molecule has 1 saturated carbocycles. The zero-order chi connectivity index (χ0) is 13.8. The number of nitrogens with one attached hydrogen (secondary N) is 1. The molecule has 21 heavy (non-hydrogen) atoms. The molecule has 3 rings (SSSR count). The van der Waals surface area contributed by atoms with Crippen LogP contribution in [0.1, 0.15) is 49.7 Å². The van der Waals surface area contributed by atoms with Gasteiger partial charge in [-0.2, -0.15) is 4.98 Å². The lowest BCUT2D eigenvalue weighted by atomic mass is 10.1. The second kappa shape index (κ2) is 7.75. The second-order valence-corrected chi connectivity index (χ2v) is 5.66. The number of aryl methyl sites for hydroxylation is 1. The Morgan fingerprint density at radius 1 is 1.29 bits per heavy atom. The fourth-order valence-electron chi connectivity index (χ4n) is 3.01. The number of aromatic nitrogens is 2. The van der Waals surface area contributed by atoms with Crippen molar-refractivity contribution in [2.75, 3.05) is 26.2 Å². The maximum atomic E-state index is 12.0. The molecule has 0 aromatic carbocycles. The third kappa shape index (κ3) is 4.17. The van der Waals surface area contributed by atoms with Gasteiger partial charge >= 0.3 is 0 Å². The molecule has 0 radical (unpaired) electrons. The van der Waals surface area contributed by atoms with Crippen LogP contribution in [0.3, 0.4) is 0 Å². The van der Waals surface area contributed by atoms with Gasteiger partial charge in [0.05, 0.1) is 0 Å². The van der Waals surface area contributed by atoms with Crippen LogP contribution in [0, 0.1) is 0 Å². The summed E-state index contributed by atoms with van der Waals surface area (Å²) in [5.41, 5.74) is 0. The molecule has 1 N–H and O–H groups in total. The standard InChI is InChI=1S/C14H22N4O2.ClH/c19-13(18-9-7-15-8-10-18)6-5-12-16-14(17-20-12)11-3-1-2-4-11;/h11,15H,1-10H2;1H. The monoisotopic (exact) mass is 314 g/mol. The van der Waals surface area contributed by atoms with Crippen molar-refractivity contribution >= 4 is 18.3 Å². The van der Waals surface area contributed by atoms with Crippen molar-refractivity contribution in [3.05, 3.63) is 11.7 Å². The van der Waals surface area contributed by atoms with Crippen molar-refractivity contribution in [1.82, 2.24) is 20.4 Å². The lowest BCUT2D eigenvalue weighted by Gasteiger charge is -2.27. The number of hydrogen-bond donors (Lipinski definition) is 1. The van der Waals surface area contributed by atoms with E-state index in [4.69, 9.17) is 4.52 Å². The summed E-state index contributed by atoms with van der Waals surface area (Å²) in [5, 5.41) is 7.31. The first-order chi connectivity index (χ1) is 9.83. The van der Waals surface area contributed by atoms with Crippen LogP contribution in [0.4, 0.5) is 0 Å². The first-order valence-corrected chi connectivity index (χ1v) is 7.64. The van der Waals surface area contributed by atoms with Gasteiger partial charge in [-0.1, -0.05) is 18.0 Å². The number of carbonyl (C=O) groups excluding carboxylic acids is 1. The molecular weight excluding hydrogens is 292 g/mol. The quantitative estimate of drug-likeness (QED) is 0.912. The summed E-state index contributed by atoms with van der Waals surface area (Å²) in [5.74, 6) is 2.10. The normalized spacial score (nSPS) is 19.5. The molecule has 1 aliphatic carbocycles. The smallest absolute Gasteiger partial charge is 0.227 e. The molecule has 1 aromatic heterocycles. The summed E-state index contributed by atoms with van der Waals surface area (Å²) in [7, 11) is 0. The number of carbonyl (C=O) groups is 1. The number of nitrogens with zero attached hydrogens (tertiary/aromatic N) is 3. The molecule has 118 valence electrons. The SMILES string of the molecule is Cl.O=C(CCc1nc(C2CCCC2)no1)N1CCNCC1. The van der Waals surface area contributed by atoms with E-state index in [2.05, 4.69) is 15.5 Å². The minimum absolute atomic E-state index is 0. The van der Waals surface area contributed by atoms with Gasteiger partial charge in [-0.15, -0.1) is 12.4 Å². The minimum atomic E-state index is 0. The Hall–Kier alpha value is -1.14. The van der Waals surface area contributed by atoms with Crippen molar-refractivity contribution in [2.45, 2.75) is 44.4 Å². The highest BCUT2D eigenvalue weighted by molar-refractivity contribution is 5.85. The van der Waals surface area contributed by atoms with Gasteiger partial charge in [0.2, 0.25) is 11.8 Å². The van der Waals surface area contributed by atoms with Gasteiger partial charge in [0.15, 0.2) is 5.82 Å². The number of amides is 1. The average Bonchev–Trinajstić information content (AvgIpc) is 3.16. The molecule has 1 aliphatic heterocycles. The van der Waals surface area contributed by atoms with E-state index in [1.807, 2.05) is 4.90 Å². The Morgan fingerprint density at radius 2 is 2.00 bits per heavy atom. The maximum Gasteiger partial charge on any atom is 0.227 e. The lowest BCUT2D eigenvalue weighted by molar-refractivity contribution is -0.131. The largest absolute Gasteiger partial charge is 0.340 e. The van der Waals surface area contributed by atoms with Crippen LogP contribution < -0.4 is 5.32 Å². The van der Waals surface area contributed by atoms with Crippen LogP contribution in [0.25, 0.3) is 0 Å². The Labute approximate surface area is 131 Å². The van der Waals surface area contributed by atoms with E-state index in [0.717, 1.165) is 32.0 Å². The van der Waals surface area contributed by atoms with E-state index < -0.39 is 0 Å². The third-order valence-electron chi connectivity index (χ3n) is 4.23. The van der Waals surface area contributed by atoms with Gasteiger partial charge in [0.1, 0.15) is 0 Å². The highest BCUT2D eigenvalue weighted by Crippen LogP contribution is 2.32. The first kappa shape index (κ1) is 16.2. The summed E-state index contributed by atoms with van der Waals surface area (Å²) in [6, 6.07) is 0. The Kier molecular flexibility index (Phi) is 5.99. The van der Waals surface area contributed by atoms with Crippen molar-refractivity contribution in [1.29, 1.82) is 0 Å². The van der Waals surface area contributed by atoms with E-state index in [-0.39, 0.29) is 18.3 Å². The minimum Gasteiger partial charge on any atom is -0.340 e. The van der Waals surface area contributed by atoms with E-state index in [1.54, 1.807) is 0 Å². The molecule has 1 aromatic rings. The highest BCUT2D eigenvalue weighted by atomic mass is 35.5. The zero-order valence-corrected chi connectivity index (χ0v) is 13.0. The topological polar surface area (TPSA) is 71.3 Å². The molecule has 0 unspecified atom stereocenters. The fraction of sp³-hybridized carbons (Fsp3) is 0.786. The van der Waals surface area contributed by atoms with Crippen LogP contribution in [-0.4, -0.2) is 47.1 Å². The van der Waals surface area contributed by atoms with E-state index in [1.165, 1.54) is 25.7 Å². The molecular formula is C14H23ClN4O2. The molecule has 7 heteroatoms. The van der Waals surface area contributed by atoms with Gasteiger partial charge < -0.3 is 14.7 Å². The number of piperazine rings is 1. The molecule has 2 fully saturated rings. The van der Waals surface area contributed by atoms with E-state index in [9.17, 15) is 4.79 Å². The summed E-state index contributed by atoms with van der Waals surface area (Å²) in [6.07, 6.45) is 5.87. The molecule has 1 saturated heterocycles. The third-order valence-corrected chi connectivity index (χ3v) is 4.23. The Bertz CT molecular complexity index is 454. The van der Waals surface area contributed by atoms with E-state index in [0.29, 0.717) is 24.7 Å². The van der Waals surface area contributed by atoms with Crippen LogP contribution >= 0.6 is 12.4 Å². The number of rotatable bonds is 4. The molecule has 0 spiro atoms. The molecule has 1 amide bonds. The molecule has 2 aliphatic rings. The van der Waals surface area contributed by atoms with E-state index >= 15 is 0 Å². The van der Waals surface area contributed by atoms with Gasteiger partial charge in [-0.3, -0.25) is 4.79 Å². The second-order valence-electron chi connectivity index (χ2n) is 5.66. The van der Waals surface area contributed by atoms with Crippen LogP contribution in [0.15, 0.2) is 4.52 Å². The Balaban J connectivity index is 0.00000161. The van der Waals surface area contributed by atoms with Crippen LogP contribution in [-0.2, 0) is 11.2 Å². The zero-order valence-electron chi connectivity index (χ0n) is 12.2. The maximum absolute atomic E-state index is 12.0. The molecule has 2 heterocycles. The summed E-state index contributed by atoms with van der Waals surface area (Å²) in [6.45, 7) is 3.38. The van der Waals surface area contributed by atoms with Gasteiger partial charge in [0, 0.05) is 44.9 Å². The molecule has 6 nitrogen and oxygen atoms in total. The van der Waals surface area contributed by atoms with Crippen molar-refractivity contribution in [2.24, 2.45) is 0 Å². The predicted octanol–water partition coefficient (Wildman–Crippen LogP) is 1.51. The van der Waals surface area contributed by atoms with Crippen molar-refractivity contribution in [3.63, 3.8) is 0 Å². The van der Waals surface area contributed by atoms with Crippen LogP contribution in [0.5, 0.6) is 0 Å². The van der Waals surface area contributed by atoms with Gasteiger partial charge in [-0.25, -0.2) is 0 Å². The highest BCUT2D eigenvalue weighted by Gasteiger charge is 2.23. The van der Waals surface area contributed by atoms with Crippen LogP contribution in [0.2, 0.25) is 0 Å². The average molecular weight is 315 g/mol. The lowest BCUT2D eigenvalue weighted by Crippen LogP contribution is -2.46. The summed E-state index contributed by atoms with van der Waals surface area (Å²) in [4.78, 5) is 18.4.